The number of H-pyrrole nitrogens is 1. The van der Waals surface area contributed by atoms with Crippen molar-refractivity contribution in [3.63, 3.8) is 0 Å². The Morgan fingerprint density at radius 2 is 1.90 bits per heavy atom. The number of aromatic nitrogens is 5. The van der Waals surface area contributed by atoms with E-state index in [0.29, 0.717) is 12.1 Å². The molecule has 0 fully saturated rings. The highest BCUT2D eigenvalue weighted by molar-refractivity contribution is 6.28. The monoisotopic (exact) mass is 295 g/mol. The van der Waals surface area contributed by atoms with Crippen molar-refractivity contribution in [2.45, 2.75) is 6.42 Å². The van der Waals surface area contributed by atoms with Gasteiger partial charge in [0.2, 0.25) is 5.28 Å². The van der Waals surface area contributed by atoms with Gasteiger partial charge in [-0.05, 0) is 23.7 Å². The smallest absolute Gasteiger partial charge is 0.224 e. The molecule has 102 valence electrons. The summed E-state index contributed by atoms with van der Waals surface area (Å²) in [6, 6.07) is 12.1. The van der Waals surface area contributed by atoms with E-state index in [1.54, 1.807) is 6.20 Å². The summed E-state index contributed by atoms with van der Waals surface area (Å²) in [6.45, 7) is 0. The molecule has 0 unspecified atom stereocenters. The van der Waals surface area contributed by atoms with Gasteiger partial charge in [-0.3, -0.25) is 10.1 Å². The highest BCUT2D eigenvalue weighted by atomic mass is 35.5. The Hall–Kier alpha value is -2.53. The predicted octanol–water partition coefficient (Wildman–Crippen LogP) is 3.15. The molecule has 3 heterocycles. The van der Waals surface area contributed by atoms with E-state index in [-0.39, 0.29) is 5.28 Å². The van der Waals surface area contributed by atoms with Gasteiger partial charge in [0.25, 0.3) is 0 Å². The fraction of sp³-hybridized carbons (Fsp3) is 0.0667. The molecule has 0 bridgehead atoms. The third kappa shape index (κ3) is 2.21. The lowest BCUT2D eigenvalue weighted by Gasteiger charge is -2.04. The summed E-state index contributed by atoms with van der Waals surface area (Å²) in [5.74, 6) is 0. The standard InChI is InChI=1S/C15H10ClN5/c16-15-19-13(11-8-17-21-14(11)20-15)7-10-6-5-9-3-1-2-4-12(9)18-10/h1-6,8H,7H2,(H,17,19,20,21). The van der Waals surface area contributed by atoms with Crippen molar-refractivity contribution in [1.29, 1.82) is 0 Å². The maximum absolute atomic E-state index is 5.95. The first-order chi connectivity index (χ1) is 10.3. The quantitative estimate of drug-likeness (QED) is 0.577. The van der Waals surface area contributed by atoms with Gasteiger partial charge in [-0.1, -0.05) is 24.3 Å². The van der Waals surface area contributed by atoms with E-state index >= 15 is 0 Å². The van der Waals surface area contributed by atoms with Gasteiger partial charge in [0.05, 0.1) is 22.8 Å². The SMILES string of the molecule is Clc1nc(Cc2ccc3ccccc3n2)c2cn[nH]c2n1. The number of hydrogen-bond acceptors (Lipinski definition) is 4. The number of benzene rings is 1. The molecule has 0 aliphatic heterocycles. The van der Waals surface area contributed by atoms with Crippen molar-refractivity contribution < 1.29 is 0 Å². The van der Waals surface area contributed by atoms with Crippen LogP contribution < -0.4 is 0 Å². The van der Waals surface area contributed by atoms with Crippen molar-refractivity contribution in [2.24, 2.45) is 0 Å². The molecule has 0 aliphatic carbocycles. The molecule has 0 aliphatic rings. The summed E-state index contributed by atoms with van der Waals surface area (Å²) in [6.07, 6.45) is 2.30. The zero-order valence-corrected chi connectivity index (χ0v) is 11.7. The van der Waals surface area contributed by atoms with E-state index in [9.17, 15) is 0 Å². The lowest BCUT2D eigenvalue weighted by molar-refractivity contribution is 1.02. The number of nitrogens with zero attached hydrogens (tertiary/aromatic N) is 4. The molecule has 21 heavy (non-hydrogen) atoms. The molecule has 4 aromatic rings. The highest BCUT2D eigenvalue weighted by Crippen LogP contribution is 2.19. The maximum atomic E-state index is 5.95. The molecule has 0 radical (unpaired) electrons. The second kappa shape index (κ2) is 4.79. The zero-order valence-electron chi connectivity index (χ0n) is 10.9. The second-order valence-electron chi connectivity index (χ2n) is 4.74. The lowest BCUT2D eigenvalue weighted by Crippen LogP contribution is -1.98. The number of aromatic amines is 1. The van der Waals surface area contributed by atoms with Crippen LogP contribution in [-0.2, 0) is 6.42 Å². The average molecular weight is 296 g/mol. The molecule has 0 atom stereocenters. The van der Waals surface area contributed by atoms with Gasteiger partial charge in [-0.25, -0.2) is 4.98 Å². The molecular weight excluding hydrogens is 286 g/mol. The molecule has 1 N–H and O–H groups in total. The van der Waals surface area contributed by atoms with Gasteiger partial charge >= 0.3 is 0 Å². The van der Waals surface area contributed by atoms with Crippen LogP contribution >= 0.6 is 11.6 Å². The van der Waals surface area contributed by atoms with Crippen molar-refractivity contribution >= 4 is 33.5 Å². The Morgan fingerprint density at radius 1 is 1.00 bits per heavy atom. The van der Waals surface area contributed by atoms with Crippen LogP contribution in [0, 0.1) is 0 Å². The first-order valence-corrected chi connectivity index (χ1v) is 6.87. The summed E-state index contributed by atoms with van der Waals surface area (Å²) in [5, 5.41) is 9.00. The van der Waals surface area contributed by atoms with E-state index in [1.807, 2.05) is 30.3 Å². The molecule has 0 saturated carbocycles. The van der Waals surface area contributed by atoms with Gasteiger partial charge < -0.3 is 0 Å². The van der Waals surface area contributed by atoms with Crippen LogP contribution in [0.3, 0.4) is 0 Å². The molecule has 4 rings (SSSR count). The largest absolute Gasteiger partial charge is 0.261 e. The molecule has 0 amide bonds. The number of para-hydroxylation sites is 1. The van der Waals surface area contributed by atoms with Crippen LogP contribution in [0.15, 0.2) is 42.6 Å². The predicted molar refractivity (Wildman–Crippen MR) is 81.2 cm³/mol. The van der Waals surface area contributed by atoms with Crippen molar-refractivity contribution in [2.75, 3.05) is 0 Å². The van der Waals surface area contributed by atoms with Crippen molar-refractivity contribution in [3.05, 3.63) is 59.3 Å². The molecule has 1 aromatic carbocycles. The fourth-order valence-corrected chi connectivity index (χ4v) is 2.56. The summed E-state index contributed by atoms with van der Waals surface area (Å²) in [5.41, 5.74) is 3.37. The first kappa shape index (κ1) is 12.2. The summed E-state index contributed by atoms with van der Waals surface area (Å²) in [4.78, 5) is 13.1. The normalized spacial score (nSPS) is 11.3. The maximum Gasteiger partial charge on any atom is 0.224 e. The van der Waals surface area contributed by atoms with Gasteiger partial charge in [0.1, 0.15) is 0 Å². The lowest BCUT2D eigenvalue weighted by atomic mass is 10.1. The van der Waals surface area contributed by atoms with E-state index in [1.165, 1.54) is 0 Å². The van der Waals surface area contributed by atoms with Crippen molar-refractivity contribution in [3.8, 4) is 0 Å². The molecule has 0 spiro atoms. The van der Waals surface area contributed by atoms with E-state index in [2.05, 4.69) is 31.2 Å². The molecule has 6 heteroatoms. The minimum atomic E-state index is 0.211. The Bertz CT molecular complexity index is 947. The molecule has 3 aromatic heterocycles. The summed E-state index contributed by atoms with van der Waals surface area (Å²) >= 11 is 5.95. The number of rotatable bonds is 2. The zero-order chi connectivity index (χ0) is 14.2. The summed E-state index contributed by atoms with van der Waals surface area (Å²) in [7, 11) is 0. The number of nitrogens with one attached hydrogen (secondary N) is 1. The summed E-state index contributed by atoms with van der Waals surface area (Å²) < 4.78 is 0. The van der Waals surface area contributed by atoms with Crippen LogP contribution in [-0.4, -0.2) is 25.1 Å². The topological polar surface area (TPSA) is 67.3 Å². The van der Waals surface area contributed by atoms with Crippen molar-refractivity contribution in [1.82, 2.24) is 25.1 Å². The van der Waals surface area contributed by atoms with Crippen LogP contribution in [0.1, 0.15) is 11.4 Å². The Kier molecular flexibility index (Phi) is 2.79. The van der Waals surface area contributed by atoms with Crippen LogP contribution in [0.4, 0.5) is 0 Å². The molecular formula is C15H10ClN5. The number of pyridine rings is 1. The van der Waals surface area contributed by atoms with E-state index in [0.717, 1.165) is 27.7 Å². The van der Waals surface area contributed by atoms with Gasteiger partial charge in [0, 0.05) is 17.5 Å². The first-order valence-electron chi connectivity index (χ1n) is 6.50. The Morgan fingerprint density at radius 3 is 2.86 bits per heavy atom. The Labute approximate surface area is 125 Å². The third-order valence-corrected chi connectivity index (χ3v) is 3.54. The highest BCUT2D eigenvalue weighted by Gasteiger charge is 2.10. The van der Waals surface area contributed by atoms with Crippen LogP contribution in [0.5, 0.6) is 0 Å². The number of fused-ring (bicyclic) bond motifs is 2. The van der Waals surface area contributed by atoms with Gasteiger partial charge in [0.15, 0.2) is 5.65 Å². The molecule has 5 nitrogen and oxygen atoms in total. The molecule has 0 saturated heterocycles. The number of hydrogen-bond donors (Lipinski definition) is 1. The van der Waals surface area contributed by atoms with Crippen LogP contribution in [0.25, 0.3) is 21.9 Å². The van der Waals surface area contributed by atoms with E-state index < -0.39 is 0 Å². The minimum Gasteiger partial charge on any atom is -0.261 e. The Balaban J connectivity index is 1.80. The van der Waals surface area contributed by atoms with Gasteiger partial charge in [-0.15, -0.1) is 0 Å². The third-order valence-electron chi connectivity index (χ3n) is 3.37. The van der Waals surface area contributed by atoms with Gasteiger partial charge in [-0.2, -0.15) is 10.1 Å². The van der Waals surface area contributed by atoms with E-state index in [4.69, 9.17) is 11.6 Å². The minimum absolute atomic E-state index is 0.211. The average Bonchev–Trinajstić information content (AvgIpc) is 2.95. The number of halogens is 1. The van der Waals surface area contributed by atoms with Crippen LogP contribution in [0.2, 0.25) is 5.28 Å². The fourth-order valence-electron chi connectivity index (χ4n) is 2.38. The second-order valence-corrected chi connectivity index (χ2v) is 5.08.